The number of hydrogen-bond acceptors (Lipinski definition) is 3. The van der Waals surface area contributed by atoms with Gasteiger partial charge in [0.15, 0.2) is 0 Å². The number of fused-ring (bicyclic) bond motifs is 1. The molecule has 4 heteroatoms. The molecule has 0 unspecified atom stereocenters. The summed E-state index contributed by atoms with van der Waals surface area (Å²) in [6.45, 7) is 2.11. The van der Waals surface area contributed by atoms with Crippen molar-refractivity contribution in [2.24, 2.45) is 0 Å². The summed E-state index contributed by atoms with van der Waals surface area (Å²) in [6, 6.07) is 2.08. The highest BCUT2D eigenvalue weighted by atomic mass is 35.5. The average molecular weight is 191 g/mol. The number of rotatable bonds is 0. The summed E-state index contributed by atoms with van der Waals surface area (Å²) in [5, 5.41) is 4.26. The van der Waals surface area contributed by atoms with Gasteiger partial charge in [0, 0.05) is 18.0 Å². The summed E-state index contributed by atoms with van der Waals surface area (Å²) in [7, 11) is 0. The summed E-state index contributed by atoms with van der Waals surface area (Å²) in [4.78, 5) is 1.47. The van der Waals surface area contributed by atoms with Crippen LogP contribution in [0.3, 0.4) is 0 Å². The van der Waals surface area contributed by atoms with Crippen LogP contribution < -0.4 is 11.1 Å². The molecule has 0 atom stereocenters. The molecule has 0 aromatic carbocycles. The number of halogens is 1. The van der Waals surface area contributed by atoms with Crippen molar-refractivity contribution in [3.05, 3.63) is 16.5 Å². The minimum atomic E-state index is 0. The maximum absolute atomic E-state index is 5.65. The third-order valence-corrected chi connectivity index (χ3v) is 2.83. The van der Waals surface area contributed by atoms with Crippen molar-refractivity contribution >= 4 is 28.7 Å². The van der Waals surface area contributed by atoms with Crippen LogP contribution in [0.2, 0.25) is 0 Å². The van der Waals surface area contributed by atoms with Crippen LogP contribution in [0.1, 0.15) is 10.4 Å². The first-order valence-electron chi connectivity index (χ1n) is 3.44. The molecule has 0 saturated carbocycles. The second kappa shape index (κ2) is 3.43. The zero-order valence-corrected chi connectivity index (χ0v) is 7.73. The third-order valence-electron chi connectivity index (χ3n) is 1.76. The van der Waals surface area contributed by atoms with Crippen molar-refractivity contribution in [1.29, 1.82) is 0 Å². The van der Waals surface area contributed by atoms with Crippen molar-refractivity contribution in [1.82, 2.24) is 5.32 Å². The van der Waals surface area contributed by atoms with Gasteiger partial charge in [0.25, 0.3) is 0 Å². The molecule has 0 radical (unpaired) electrons. The number of nitrogens with two attached hydrogens (primary N) is 1. The lowest BCUT2D eigenvalue weighted by atomic mass is 10.1. The summed E-state index contributed by atoms with van der Waals surface area (Å²) >= 11 is 1.73. The Bertz CT molecular complexity index is 223. The maximum atomic E-state index is 5.65. The Morgan fingerprint density at radius 2 is 2.36 bits per heavy atom. The molecule has 1 aliphatic heterocycles. The molecule has 11 heavy (non-hydrogen) atoms. The van der Waals surface area contributed by atoms with Crippen LogP contribution >= 0.6 is 23.7 Å². The predicted molar refractivity (Wildman–Crippen MR) is 51.4 cm³/mol. The Labute approximate surface area is 76.2 Å². The minimum absolute atomic E-state index is 0. The molecule has 1 aliphatic rings. The van der Waals surface area contributed by atoms with E-state index in [1.54, 1.807) is 11.3 Å². The number of nitrogen functional groups attached to an aromatic ring is 1. The van der Waals surface area contributed by atoms with Crippen LogP contribution in [0, 0.1) is 0 Å². The molecule has 2 rings (SSSR count). The molecule has 0 fully saturated rings. The normalized spacial score (nSPS) is 15.3. The summed E-state index contributed by atoms with van der Waals surface area (Å²) in [6.07, 6.45) is 1.15. The van der Waals surface area contributed by atoms with E-state index in [0.29, 0.717) is 0 Å². The van der Waals surface area contributed by atoms with Gasteiger partial charge in [-0.05, 0) is 18.1 Å². The number of hydrogen-bond donors (Lipinski definition) is 2. The van der Waals surface area contributed by atoms with E-state index in [4.69, 9.17) is 5.73 Å². The van der Waals surface area contributed by atoms with Gasteiger partial charge in [-0.2, -0.15) is 0 Å². The fourth-order valence-corrected chi connectivity index (χ4v) is 2.23. The Balaban J connectivity index is 0.000000605. The molecule has 0 aliphatic carbocycles. The molecule has 0 amide bonds. The van der Waals surface area contributed by atoms with E-state index in [1.165, 1.54) is 10.4 Å². The molecule has 1 aromatic heterocycles. The fraction of sp³-hybridized carbons (Fsp3) is 0.429. The molecule has 2 heterocycles. The second-order valence-corrected chi connectivity index (χ2v) is 3.69. The highest BCUT2D eigenvalue weighted by Gasteiger charge is 2.10. The largest absolute Gasteiger partial charge is 0.391 e. The molecule has 3 N–H and O–H groups in total. The van der Waals surface area contributed by atoms with Crippen LogP contribution in [-0.4, -0.2) is 6.54 Å². The van der Waals surface area contributed by atoms with Gasteiger partial charge in [0.1, 0.15) is 0 Å². The lowest BCUT2D eigenvalue weighted by Gasteiger charge is -2.10. The van der Waals surface area contributed by atoms with Crippen molar-refractivity contribution < 1.29 is 0 Å². The van der Waals surface area contributed by atoms with Gasteiger partial charge in [-0.15, -0.1) is 23.7 Å². The molecular formula is C7H11ClN2S. The summed E-state index contributed by atoms with van der Waals surface area (Å²) in [5.41, 5.74) is 7.05. The van der Waals surface area contributed by atoms with Crippen molar-refractivity contribution in [2.75, 3.05) is 12.3 Å². The van der Waals surface area contributed by atoms with Gasteiger partial charge in [-0.1, -0.05) is 0 Å². The molecule has 1 aromatic rings. The third kappa shape index (κ3) is 1.67. The Morgan fingerprint density at radius 1 is 1.55 bits per heavy atom. The van der Waals surface area contributed by atoms with E-state index in [1.807, 2.05) is 0 Å². The first-order chi connectivity index (χ1) is 4.86. The average Bonchev–Trinajstić information content (AvgIpc) is 2.27. The summed E-state index contributed by atoms with van der Waals surface area (Å²) in [5.74, 6) is 0. The quantitative estimate of drug-likeness (QED) is 0.649. The van der Waals surface area contributed by atoms with E-state index in [-0.39, 0.29) is 12.4 Å². The predicted octanol–water partition coefficient (Wildman–Crippen LogP) is 1.40. The molecular weight excluding hydrogens is 180 g/mol. The Kier molecular flexibility index (Phi) is 2.76. The number of anilines is 1. The zero-order chi connectivity index (χ0) is 6.97. The first kappa shape index (κ1) is 8.84. The molecule has 0 saturated heterocycles. The van der Waals surface area contributed by atoms with Gasteiger partial charge in [0.2, 0.25) is 0 Å². The standard InChI is InChI=1S/C7H10N2S.ClH/c8-7-3-5-4-9-2-1-6(5)10-7;/h3,9H,1-2,4,8H2;1H. The van der Waals surface area contributed by atoms with Gasteiger partial charge in [-0.25, -0.2) is 0 Å². The Hall–Kier alpha value is -0.250. The summed E-state index contributed by atoms with van der Waals surface area (Å²) < 4.78 is 0. The Morgan fingerprint density at radius 3 is 3.09 bits per heavy atom. The highest BCUT2D eigenvalue weighted by molar-refractivity contribution is 7.16. The van der Waals surface area contributed by atoms with Gasteiger partial charge in [0.05, 0.1) is 5.00 Å². The van der Waals surface area contributed by atoms with Gasteiger partial charge in [-0.3, -0.25) is 0 Å². The van der Waals surface area contributed by atoms with E-state index >= 15 is 0 Å². The van der Waals surface area contributed by atoms with Crippen LogP contribution in [0.5, 0.6) is 0 Å². The van der Waals surface area contributed by atoms with E-state index in [9.17, 15) is 0 Å². The number of nitrogens with one attached hydrogen (secondary N) is 1. The monoisotopic (exact) mass is 190 g/mol. The fourth-order valence-electron chi connectivity index (χ4n) is 1.28. The smallest absolute Gasteiger partial charge is 0.0862 e. The van der Waals surface area contributed by atoms with E-state index in [0.717, 1.165) is 24.5 Å². The molecule has 62 valence electrons. The topological polar surface area (TPSA) is 38.0 Å². The molecule has 0 bridgehead atoms. The van der Waals surface area contributed by atoms with Gasteiger partial charge < -0.3 is 11.1 Å². The van der Waals surface area contributed by atoms with Crippen molar-refractivity contribution in [2.45, 2.75) is 13.0 Å². The van der Waals surface area contributed by atoms with E-state index in [2.05, 4.69) is 11.4 Å². The highest BCUT2D eigenvalue weighted by Crippen LogP contribution is 2.26. The minimum Gasteiger partial charge on any atom is -0.391 e. The van der Waals surface area contributed by atoms with E-state index < -0.39 is 0 Å². The van der Waals surface area contributed by atoms with Gasteiger partial charge >= 0.3 is 0 Å². The lowest BCUT2D eigenvalue weighted by Crippen LogP contribution is -2.21. The number of thiophene rings is 1. The SMILES string of the molecule is Cl.Nc1cc2c(s1)CCNC2. The van der Waals surface area contributed by atoms with Crippen molar-refractivity contribution in [3.63, 3.8) is 0 Å². The molecule has 2 nitrogen and oxygen atoms in total. The van der Waals surface area contributed by atoms with Crippen LogP contribution in [-0.2, 0) is 13.0 Å². The van der Waals surface area contributed by atoms with Crippen LogP contribution in [0.15, 0.2) is 6.07 Å². The van der Waals surface area contributed by atoms with Crippen molar-refractivity contribution in [3.8, 4) is 0 Å². The van der Waals surface area contributed by atoms with Crippen LogP contribution in [0.4, 0.5) is 5.00 Å². The maximum Gasteiger partial charge on any atom is 0.0862 e. The second-order valence-electron chi connectivity index (χ2n) is 2.52. The zero-order valence-electron chi connectivity index (χ0n) is 6.09. The first-order valence-corrected chi connectivity index (χ1v) is 4.25. The van der Waals surface area contributed by atoms with Crippen LogP contribution in [0.25, 0.3) is 0 Å². The lowest BCUT2D eigenvalue weighted by molar-refractivity contribution is 0.653. The molecule has 0 spiro atoms.